The van der Waals surface area contributed by atoms with Crippen molar-refractivity contribution in [3.63, 3.8) is 0 Å². The Morgan fingerprint density at radius 1 is 0.952 bits per heavy atom. The van der Waals surface area contributed by atoms with Gasteiger partial charge in [-0.3, -0.25) is 28.9 Å². The van der Waals surface area contributed by atoms with Gasteiger partial charge in [-0.25, -0.2) is 9.18 Å². The molecule has 9 heteroatoms. The van der Waals surface area contributed by atoms with Crippen LogP contribution in [0.1, 0.15) is 42.0 Å². The number of hydrogen-bond donors (Lipinski definition) is 1. The van der Waals surface area contributed by atoms with E-state index < -0.39 is 18.1 Å². The molecular weight excluding hydrogens is 535 g/mol. The lowest BCUT2D eigenvalue weighted by Crippen LogP contribution is -2.44. The van der Waals surface area contributed by atoms with Gasteiger partial charge in [0.15, 0.2) is 0 Å². The Labute approximate surface area is 244 Å². The minimum absolute atomic E-state index is 0.00859. The number of piperidine rings is 1. The Bertz CT molecular complexity index is 1530. The van der Waals surface area contributed by atoms with Crippen molar-refractivity contribution in [2.75, 3.05) is 19.8 Å². The van der Waals surface area contributed by atoms with Gasteiger partial charge < -0.3 is 4.74 Å². The monoisotopic (exact) mass is 572 g/mol. The highest BCUT2D eigenvalue weighted by atomic mass is 19.1. The van der Waals surface area contributed by atoms with E-state index in [2.05, 4.69) is 34.5 Å². The smallest absolute Gasteiger partial charge is 0.329 e. The summed E-state index contributed by atoms with van der Waals surface area (Å²) in [5.74, 6) is -0.771. The van der Waals surface area contributed by atoms with Gasteiger partial charge in [-0.15, -0.1) is 0 Å². The van der Waals surface area contributed by atoms with E-state index in [0.29, 0.717) is 44.5 Å². The molecule has 3 aromatic carbocycles. The average molecular weight is 573 g/mol. The second kappa shape index (κ2) is 13.7. The summed E-state index contributed by atoms with van der Waals surface area (Å²) in [6.07, 6.45) is 0.642. The number of amides is 2. The molecule has 0 radical (unpaired) electrons. The third kappa shape index (κ3) is 7.03. The summed E-state index contributed by atoms with van der Waals surface area (Å²) >= 11 is 0. The fourth-order valence-corrected chi connectivity index (χ4v) is 5.73. The second-order valence-electron chi connectivity index (χ2n) is 10.9. The summed E-state index contributed by atoms with van der Waals surface area (Å²) in [4.78, 5) is 39.3. The Balaban J connectivity index is 1.16. The Morgan fingerprint density at radius 2 is 1.62 bits per heavy atom. The van der Waals surface area contributed by atoms with Crippen LogP contribution < -0.4 is 11.0 Å². The van der Waals surface area contributed by atoms with E-state index in [1.54, 1.807) is 11.6 Å². The first kappa shape index (κ1) is 29.4. The van der Waals surface area contributed by atoms with E-state index in [9.17, 15) is 14.4 Å². The van der Waals surface area contributed by atoms with Crippen LogP contribution in [-0.2, 0) is 40.9 Å². The number of aryl methyl sites for hydroxylation is 2. The van der Waals surface area contributed by atoms with E-state index in [0.717, 1.165) is 22.2 Å². The van der Waals surface area contributed by atoms with Gasteiger partial charge in [0.25, 0.3) is 0 Å². The molecule has 5 rings (SSSR count). The molecule has 0 aliphatic carbocycles. The highest BCUT2D eigenvalue weighted by molar-refractivity contribution is 6.00. The number of carbonyl (C=O) groups is 2. The van der Waals surface area contributed by atoms with Crippen LogP contribution in [0.4, 0.5) is 4.39 Å². The molecule has 8 nitrogen and oxygen atoms in total. The Hall–Kier alpha value is -4.08. The van der Waals surface area contributed by atoms with Crippen LogP contribution >= 0.6 is 0 Å². The van der Waals surface area contributed by atoms with Crippen molar-refractivity contribution in [3.05, 3.63) is 106 Å². The third-order valence-electron chi connectivity index (χ3n) is 7.70. The molecule has 4 aromatic rings. The van der Waals surface area contributed by atoms with Crippen LogP contribution in [0.3, 0.4) is 0 Å². The first-order valence-corrected chi connectivity index (χ1v) is 14.4. The molecule has 1 N–H and O–H groups in total. The molecule has 1 fully saturated rings. The number of nitrogens with zero attached hydrogens (tertiary/aromatic N) is 3. The summed E-state index contributed by atoms with van der Waals surface area (Å²) < 4.78 is 23.9. The zero-order chi connectivity index (χ0) is 29.5. The molecule has 1 saturated heterocycles. The van der Waals surface area contributed by atoms with Crippen molar-refractivity contribution in [3.8, 4) is 0 Å². The number of halogens is 1. The van der Waals surface area contributed by atoms with E-state index in [4.69, 9.17) is 4.74 Å². The molecule has 0 bridgehead atoms. The predicted octanol–water partition coefficient (Wildman–Crippen LogP) is 4.31. The zero-order valence-electron chi connectivity index (χ0n) is 23.9. The number of carbonyl (C=O) groups excluding carboxylic acids is 2. The number of hydrogen-bond acceptors (Lipinski definition) is 5. The number of imide groups is 1. The number of imidazole rings is 1. The normalized spacial score (nSPS) is 16.2. The number of nitrogens with one attached hydrogen (secondary N) is 1. The van der Waals surface area contributed by atoms with Gasteiger partial charge in [0.2, 0.25) is 11.8 Å². The van der Waals surface area contributed by atoms with Crippen molar-refractivity contribution >= 4 is 22.8 Å². The van der Waals surface area contributed by atoms with E-state index in [1.165, 1.54) is 4.57 Å². The molecule has 0 saturated carbocycles. The highest BCUT2D eigenvalue weighted by Gasteiger charge is 2.31. The molecule has 2 heterocycles. The van der Waals surface area contributed by atoms with Crippen LogP contribution in [0.5, 0.6) is 0 Å². The molecule has 0 spiro atoms. The summed E-state index contributed by atoms with van der Waals surface area (Å²) in [6.45, 7) is 1.96. The minimum Gasteiger partial charge on any atom is -0.378 e. The lowest BCUT2D eigenvalue weighted by Gasteiger charge is -2.24. The van der Waals surface area contributed by atoms with Gasteiger partial charge in [-0.1, -0.05) is 72.8 Å². The van der Waals surface area contributed by atoms with Gasteiger partial charge >= 0.3 is 5.69 Å². The number of fused-ring (bicyclic) bond motifs is 1. The maximum atomic E-state index is 15.1. The summed E-state index contributed by atoms with van der Waals surface area (Å²) in [5.41, 5.74) is 4.35. The lowest BCUT2D eigenvalue weighted by molar-refractivity contribution is -0.135. The van der Waals surface area contributed by atoms with Crippen molar-refractivity contribution in [2.45, 2.75) is 51.0 Å². The average Bonchev–Trinajstić information content (AvgIpc) is 3.24. The molecule has 220 valence electrons. The maximum absolute atomic E-state index is 15.1. The SMILES string of the molecule is Cn1c(=O)n(C2CCC(=O)NC2=O)c2cccc(CCCOCC(F)CN(Cc3ccccc3)Cc3ccccc3)c21. The maximum Gasteiger partial charge on any atom is 0.329 e. The van der Waals surface area contributed by atoms with Gasteiger partial charge in [0.1, 0.15) is 12.2 Å². The minimum atomic E-state index is -1.13. The molecular formula is C33H37FN4O4. The fraction of sp³-hybridized carbons (Fsp3) is 0.364. The molecule has 2 atom stereocenters. The number of alkyl halides is 1. The molecule has 2 unspecified atom stereocenters. The Morgan fingerprint density at radius 3 is 2.26 bits per heavy atom. The molecule has 1 aromatic heterocycles. The topological polar surface area (TPSA) is 85.6 Å². The van der Waals surface area contributed by atoms with E-state index in [-0.39, 0.29) is 31.2 Å². The quantitative estimate of drug-likeness (QED) is 0.191. The number of benzene rings is 3. The van der Waals surface area contributed by atoms with Crippen LogP contribution in [0.2, 0.25) is 0 Å². The van der Waals surface area contributed by atoms with Crippen molar-refractivity contribution < 1.29 is 18.7 Å². The van der Waals surface area contributed by atoms with Crippen molar-refractivity contribution in [1.29, 1.82) is 0 Å². The van der Waals surface area contributed by atoms with Gasteiger partial charge in [0, 0.05) is 39.7 Å². The van der Waals surface area contributed by atoms with Crippen LogP contribution in [0, 0.1) is 0 Å². The van der Waals surface area contributed by atoms with Gasteiger partial charge in [0.05, 0.1) is 17.6 Å². The predicted molar refractivity (Wildman–Crippen MR) is 160 cm³/mol. The summed E-state index contributed by atoms with van der Waals surface area (Å²) in [5, 5.41) is 2.34. The number of ether oxygens (including phenoxy) is 1. The zero-order valence-corrected chi connectivity index (χ0v) is 23.9. The highest BCUT2D eigenvalue weighted by Crippen LogP contribution is 2.25. The summed E-state index contributed by atoms with van der Waals surface area (Å²) in [7, 11) is 1.69. The van der Waals surface area contributed by atoms with E-state index >= 15 is 4.39 Å². The summed E-state index contributed by atoms with van der Waals surface area (Å²) in [6, 6.07) is 25.1. The number of rotatable bonds is 13. The number of aromatic nitrogens is 2. The number of para-hydroxylation sites is 1. The molecule has 2 amide bonds. The third-order valence-corrected chi connectivity index (χ3v) is 7.70. The van der Waals surface area contributed by atoms with Crippen LogP contribution in [0.15, 0.2) is 83.7 Å². The van der Waals surface area contributed by atoms with Gasteiger partial charge in [-0.05, 0) is 42.0 Å². The molecule has 1 aliphatic rings. The van der Waals surface area contributed by atoms with Crippen molar-refractivity contribution in [2.24, 2.45) is 7.05 Å². The second-order valence-corrected chi connectivity index (χ2v) is 10.9. The molecule has 1 aliphatic heterocycles. The van der Waals surface area contributed by atoms with E-state index in [1.807, 2.05) is 54.6 Å². The fourth-order valence-electron chi connectivity index (χ4n) is 5.73. The standard InChI is InChI=1S/C33H37FN4O4/c1-36-31-26(14-8-16-28(31)38(33(36)41)29-17-18-30(39)35-32(29)40)15-9-19-42-23-27(34)22-37(20-24-10-4-2-5-11-24)21-25-12-6-3-7-13-25/h2-8,10-14,16,27,29H,9,15,17-23H2,1H3,(H,35,39,40). The van der Waals surface area contributed by atoms with Gasteiger partial charge in [-0.2, -0.15) is 0 Å². The molecule has 42 heavy (non-hydrogen) atoms. The van der Waals surface area contributed by atoms with Crippen molar-refractivity contribution in [1.82, 2.24) is 19.4 Å². The van der Waals surface area contributed by atoms with Crippen LogP contribution in [0.25, 0.3) is 11.0 Å². The largest absolute Gasteiger partial charge is 0.378 e. The Kier molecular flexibility index (Phi) is 9.61. The lowest BCUT2D eigenvalue weighted by atomic mass is 10.0. The first-order valence-electron chi connectivity index (χ1n) is 14.4. The first-order chi connectivity index (χ1) is 20.4. The van der Waals surface area contributed by atoms with Crippen LogP contribution in [-0.4, -0.2) is 51.8 Å².